The van der Waals surface area contributed by atoms with E-state index in [1.807, 2.05) is 65.6 Å². The van der Waals surface area contributed by atoms with Crippen LogP contribution in [0.15, 0.2) is 77.4 Å². The van der Waals surface area contributed by atoms with E-state index in [0.29, 0.717) is 24.4 Å². The van der Waals surface area contributed by atoms with Crippen LogP contribution >= 0.6 is 0 Å². The molecule has 0 aliphatic carbocycles. The number of carbonyl (C=O) groups excluding carboxylic acids is 2. The number of piperidine rings is 1. The van der Waals surface area contributed by atoms with Gasteiger partial charge in [-0.15, -0.1) is 0 Å². The van der Waals surface area contributed by atoms with Crippen molar-refractivity contribution in [3.8, 4) is 0 Å². The van der Waals surface area contributed by atoms with Gasteiger partial charge in [-0.3, -0.25) is 4.79 Å². The minimum absolute atomic E-state index is 0.0850. The smallest absolute Gasteiger partial charge is 0.321 e. The van der Waals surface area contributed by atoms with Crippen molar-refractivity contribution in [3.63, 3.8) is 0 Å². The van der Waals surface area contributed by atoms with Crippen molar-refractivity contribution < 1.29 is 14.0 Å². The fourth-order valence-corrected chi connectivity index (χ4v) is 3.77. The van der Waals surface area contributed by atoms with E-state index >= 15 is 0 Å². The van der Waals surface area contributed by atoms with E-state index in [4.69, 9.17) is 4.42 Å². The fourth-order valence-electron chi connectivity index (χ4n) is 3.77. The van der Waals surface area contributed by atoms with Gasteiger partial charge in [-0.25, -0.2) is 4.79 Å². The molecule has 2 heterocycles. The summed E-state index contributed by atoms with van der Waals surface area (Å²) in [6.07, 6.45) is 3.51. The average molecular weight is 403 g/mol. The molecular weight excluding hydrogens is 378 g/mol. The van der Waals surface area contributed by atoms with Crippen LogP contribution in [-0.4, -0.2) is 29.9 Å². The molecule has 6 nitrogen and oxygen atoms in total. The maximum atomic E-state index is 12.7. The zero-order chi connectivity index (χ0) is 20.8. The lowest BCUT2D eigenvalue weighted by Crippen LogP contribution is -2.41. The summed E-state index contributed by atoms with van der Waals surface area (Å²) >= 11 is 0. The predicted molar refractivity (Wildman–Crippen MR) is 115 cm³/mol. The first kappa shape index (κ1) is 19.8. The second kappa shape index (κ2) is 9.31. The monoisotopic (exact) mass is 403 g/mol. The van der Waals surface area contributed by atoms with Crippen molar-refractivity contribution in [2.24, 2.45) is 0 Å². The molecule has 30 heavy (non-hydrogen) atoms. The maximum Gasteiger partial charge on any atom is 0.321 e. The lowest BCUT2D eigenvalue weighted by Gasteiger charge is -2.33. The van der Waals surface area contributed by atoms with Crippen LogP contribution in [0.1, 0.15) is 40.4 Å². The van der Waals surface area contributed by atoms with Gasteiger partial charge in [0.15, 0.2) is 0 Å². The Morgan fingerprint density at radius 3 is 2.70 bits per heavy atom. The zero-order valence-electron chi connectivity index (χ0n) is 16.7. The number of nitrogens with one attached hydrogen (secondary N) is 2. The molecule has 3 aromatic rings. The number of anilines is 1. The molecule has 4 rings (SSSR count). The van der Waals surface area contributed by atoms with Crippen molar-refractivity contribution in [1.29, 1.82) is 0 Å². The minimum atomic E-state index is -0.136. The fraction of sp³-hybridized carbons (Fsp3) is 0.250. The Hall–Kier alpha value is -3.54. The summed E-state index contributed by atoms with van der Waals surface area (Å²) in [4.78, 5) is 27.0. The highest BCUT2D eigenvalue weighted by atomic mass is 16.3. The number of hydrogen-bond acceptors (Lipinski definition) is 3. The summed E-state index contributed by atoms with van der Waals surface area (Å²) in [5.41, 5.74) is 2.49. The first-order valence-corrected chi connectivity index (χ1v) is 10.2. The zero-order valence-corrected chi connectivity index (χ0v) is 16.7. The Morgan fingerprint density at radius 2 is 1.90 bits per heavy atom. The number of furan rings is 1. The third kappa shape index (κ3) is 4.89. The first-order chi connectivity index (χ1) is 14.7. The van der Waals surface area contributed by atoms with E-state index in [1.54, 1.807) is 12.3 Å². The number of nitrogens with zero attached hydrogens (tertiary/aromatic N) is 1. The van der Waals surface area contributed by atoms with Gasteiger partial charge >= 0.3 is 6.03 Å². The van der Waals surface area contributed by atoms with Crippen LogP contribution < -0.4 is 10.6 Å². The van der Waals surface area contributed by atoms with Gasteiger partial charge in [-0.2, -0.15) is 0 Å². The Bertz CT molecular complexity index is 986. The Kier molecular flexibility index (Phi) is 6.13. The highest BCUT2D eigenvalue weighted by molar-refractivity contribution is 5.94. The molecule has 1 saturated heterocycles. The molecular formula is C24H25N3O3. The van der Waals surface area contributed by atoms with E-state index in [1.165, 1.54) is 0 Å². The summed E-state index contributed by atoms with van der Waals surface area (Å²) in [6.45, 7) is 1.72. The van der Waals surface area contributed by atoms with Crippen molar-refractivity contribution in [2.75, 3.05) is 18.4 Å². The summed E-state index contributed by atoms with van der Waals surface area (Å²) in [5, 5.41) is 5.84. The molecule has 2 aromatic carbocycles. The van der Waals surface area contributed by atoms with Crippen LogP contribution in [0.2, 0.25) is 0 Å². The maximum absolute atomic E-state index is 12.7. The van der Waals surface area contributed by atoms with Crippen LogP contribution in [-0.2, 0) is 6.54 Å². The molecule has 0 bridgehead atoms. The minimum Gasteiger partial charge on any atom is -0.467 e. The van der Waals surface area contributed by atoms with E-state index in [0.717, 1.165) is 30.6 Å². The lowest BCUT2D eigenvalue weighted by molar-refractivity contribution is 0.0947. The normalized spacial score (nSPS) is 16.1. The largest absolute Gasteiger partial charge is 0.467 e. The number of likely N-dealkylation sites (tertiary alicyclic amines) is 1. The van der Waals surface area contributed by atoms with Crippen molar-refractivity contribution in [1.82, 2.24) is 10.2 Å². The van der Waals surface area contributed by atoms with Crippen molar-refractivity contribution in [3.05, 3.63) is 89.9 Å². The second-order valence-electron chi connectivity index (χ2n) is 7.47. The highest BCUT2D eigenvalue weighted by Crippen LogP contribution is 2.28. The highest BCUT2D eigenvalue weighted by Gasteiger charge is 2.25. The summed E-state index contributed by atoms with van der Waals surface area (Å²) in [6, 6.07) is 20.7. The molecule has 1 atom stereocenters. The summed E-state index contributed by atoms with van der Waals surface area (Å²) in [5.74, 6) is 0.785. The molecule has 3 amide bonds. The van der Waals surface area contributed by atoms with Crippen LogP contribution in [0.3, 0.4) is 0 Å². The van der Waals surface area contributed by atoms with E-state index in [9.17, 15) is 9.59 Å². The predicted octanol–water partition coefficient (Wildman–Crippen LogP) is 4.62. The van der Waals surface area contributed by atoms with E-state index < -0.39 is 0 Å². The Balaban J connectivity index is 1.39. The molecule has 1 aromatic heterocycles. The SMILES string of the molecule is O=C(NCc1ccco1)c1cccc(C2CCCN(C(=O)Nc3ccccc3)C2)c1. The number of hydrogen-bond donors (Lipinski definition) is 2. The molecule has 1 aliphatic heterocycles. The Morgan fingerprint density at radius 1 is 1.03 bits per heavy atom. The molecule has 2 N–H and O–H groups in total. The average Bonchev–Trinajstić information content (AvgIpc) is 3.32. The first-order valence-electron chi connectivity index (χ1n) is 10.2. The number of urea groups is 1. The molecule has 0 radical (unpaired) electrons. The second-order valence-corrected chi connectivity index (χ2v) is 7.47. The molecule has 154 valence electrons. The standard InChI is InChI=1S/C24H25N3O3/c28-23(25-16-22-12-6-14-30-22)19-8-4-7-18(15-19)20-9-5-13-27(17-20)24(29)26-21-10-2-1-3-11-21/h1-4,6-8,10-12,14-15,20H,5,9,13,16-17H2,(H,25,28)(H,26,29). The van der Waals surface area contributed by atoms with Gasteiger partial charge in [-0.05, 0) is 54.8 Å². The number of rotatable bonds is 5. The van der Waals surface area contributed by atoms with Crippen LogP contribution in [0.5, 0.6) is 0 Å². The summed E-state index contributed by atoms with van der Waals surface area (Å²) in [7, 11) is 0. The van der Waals surface area contributed by atoms with Crippen LogP contribution in [0.4, 0.5) is 10.5 Å². The molecule has 0 saturated carbocycles. The lowest BCUT2D eigenvalue weighted by atomic mass is 9.89. The molecule has 1 unspecified atom stereocenters. The topological polar surface area (TPSA) is 74.6 Å². The Labute approximate surface area is 175 Å². The summed E-state index contributed by atoms with van der Waals surface area (Å²) < 4.78 is 5.26. The van der Waals surface area contributed by atoms with Gasteiger partial charge in [0.25, 0.3) is 5.91 Å². The van der Waals surface area contributed by atoms with Gasteiger partial charge < -0.3 is 20.0 Å². The molecule has 1 aliphatic rings. The van der Waals surface area contributed by atoms with E-state index in [2.05, 4.69) is 10.6 Å². The van der Waals surface area contributed by atoms with Crippen molar-refractivity contribution in [2.45, 2.75) is 25.3 Å². The van der Waals surface area contributed by atoms with Gasteiger partial charge in [-0.1, -0.05) is 30.3 Å². The quantitative estimate of drug-likeness (QED) is 0.653. The van der Waals surface area contributed by atoms with Gasteiger partial charge in [0.05, 0.1) is 12.8 Å². The number of para-hydroxylation sites is 1. The number of benzene rings is 2. The number of carbonyl (C=O) groups is 2. The van der Waals surface area contributed by atoms with Crippen LogP contribution in [0.25, 0.3) is 0 Å². The van der Waals surface area contributed by atoms with E-state index in [-0.39, 0.29) is 17.9 Å². The van der Waals surface area contributed by atoms with Gasteiger partial charge in [0, 0.05) is 30.3 Å². The third-order valence-corrected chi connectivity index (χ3v) is 5.36. The number of amides is 3. The molecule has 1 fully saturated rings. The van der Waals surface area contributed by atoms with Gasteiger partial charge in [0.1, 0.15) is 5.76 Å². The van der Waals surface area contributed by atoms with Gasteiger partial charge in [0.2, 0.25) is 0 Å². The van der Waals surface area contributed by atoms with Crippen LogP contribution in [0, 0.1) is 0 Å². The van der Waals surface area contributed by atoms with Crippen molar-refractivity contribution >= 4 is 17.6 Å². The third-order valence-electron chi connectivity index (χ3n) is 5.36. The molecule has 6 heteroatoms. The molecule has 0 spiro atoms.